The number of rotatable bonds is 6. The average molecular weight is 550 g/mol. The van der Waals surface area contributed by atoms with Gasteiger partial charge in [0.15, 0.2) is 0 Å². The summed E-state index contributed by atoms with van der Waals surface area (Å²) < 4.78 is 25.1. The molecule has 1 aliphatic carbocycles. The van der Waals surface area contributed by atoms with E-state index in [0.29, 0.717) is 36.7 Å². The molecule has 5 atom stereocenters. The zero-order chi connectivity index (χ0) is 27.0. The van der Waals surface area contributed by atoms with Crippen LogP contribution in [0.1, 0.15) is 61.6 Å². The molecule has 2 aromatic heterocycles. The van der Waals surface area contributed by atoms with Crippen LogP contribution in [0, 0.1) is 0 Å². The second-order valence-corrected chi connectivity index (χ2v) is 13.5. The minimum atomic E-state index is -3.31. The highest BCUT2D eigenvalue weighted by Crippen LogP contribution is 2.42. The number of piperidine rings is 1. The molecule has 0 bridgehead atoms. The van der Waals surface area contributed by atoms with Crippen LogP contribution in [0.5, 0.6) is 0 Å². The van der Waals surface area contributed by atoms with Crippen molar-refractivity contribution in [3.05, 3.63) is 66.1 Å². The second kappa shape index (κ2) is 11.1. The van der Waals surface area contributed by atoms with E-state index in [1.807, 2.05) is 18.5 Å². The Morgan fingerprint density at radius 3 is 2.56 bits per heavy atom. The van der Waals surface area contributed by atoms with E-state index in [-0.39, 0.29) is 12.6 Å². The third-order valence-electron chi connectivity index (χ3n) is 9.11. The molecule has 0 radical (unpaired) electrons. The summed E-state index contributed by atoms with van der Waals surface area (Å²) >= 11 is 0. The van der Waals surface area contributed by atoms with Crippen LogP contribution in [0.25, 0.3) is 10.8 Å². The van der Waals surface area contributed by atoms with Gasteiger partial charge in [0.2, 0.25) is 10.0 Å². The number of hydrogen-bond donors (Lipinski definition) is 2. The molecule has 3 unspecified atom stereocenters. The largest absolute Gasteiger partial charge is 0.390 e. The first-order valence-electron chi connectivity index (χ1n) is 14.3. The van der Waals surface area contributed by atoms with E-state index in [9.17, 15) is 13.5 Å². The first-order chi connectivity index (χ1) is 18.9. The molecule has 1 saturated carbocycles. The molecule has 2 aliphatic heterocycles. The van der Waals surface area contributed by atoms with E-state index in [4.69, 9.17) is 4.98 Å². The van der Waals surface area contributed by atoms with Crippen molar-refractivity contribution in [2.45, 2.75) is 68.5 Å². The average Bonchev–Trinajstić information content (AvgIpc) is 3.15. The third kappa shape index (κ3) is 5.68. The Bertz CT molecular complexity index is 1400. The van der Waals surface area contributed by atoms with Gasteiger partial charge < -0.3 is 10.4 Å². The van der Waals surface area contributed by atoms with Crippen molar-refractivity contribution in [2.24, 2.45) is 0 Å². The maximum atomic E-state index is 11.9. The Balaban J connectivity index is 1.15. The minimum absolute atomic E-state index is 0.0988. The second-order valence-electron chi connectivity index (χ2n) is 11.5. The summed E-state index contributed by atoms with van der Waals surface area (Å²) in [5.41, 5.74) is 2.62. The number of hydrogen-bond acceptors (Lipinski definition) is 7. The Kier molecular flexibility index (Phi) is 7.59. The fourth-order valence-corrected chi connectivity index (χ4v) is 7.65. The summed E-state index contributed by atoms with van der Waals surface area (Å²) in [6.07, 6.45) is 10.7. The predicted molar refractivity (Wildman–Crippen MR) is 154 cm³/mol. The van der Waals surface area contributed by atoms with E-state index in [1.165, 1.54) is 35.4 Å². The fraction of sp³-hybridized carbons (Fsp3) is 0.533. The van der Waals surface area contributed by atoms with Gasteiger partial charge in [-0.1, -0.05) is 30.3 Å². The van der Waals surface area contributed by atoms with Gasteiger partial charge in [-0.05, 0) is 75.2 Å². The summed E-state index contributed by atoms with van der Waals surface area (Å²) in [7, 11) is -3.31. The number of aromatic nitrogens is 2. The number of benzene rings is 1. The smallest absolute Gasteiger partial charge is 0.211 e. The number of pyridine rings is 2. The molecule has 8 nitrogen and oxygen atoms in total. The first-order valence-corrected chi connectivity index (χ1v) is 16.1. The van der Waals surface area contributed by atoms with Gasteiger partial charge in [-0.15, -0.1) is 0 Å². The van der Waals surface area contributed by atoms with Crippen LogP contribution < -0.4 is 5.32 Å². The monoisotopic (exact) mass is 549 g/mol. The summed E-state index contributed by atoms with van der Waals surface area (Å²) in [5, 5.41) is 16.2. The lowest BCUT2D eigenvalue weighted by molar-refractivity contribution is 0.0952. The van der Waals surface area contributed by atoms with Crippen molar-refractivity contribution < 1.29 is 13.5 Å². The van der Waals surface area contributed by atoms with Gasteiger partial charge in [-0.3, -0.25) is 9.88 Å². The van der Waals surface area contributed by atoms with Crippen molar-refractivity contribution >= 4 is 26.6 Å². The predicted octanol–water partition coefficient (Wildman–Crippen LogP) is 3.95. The molecule has 2 saturated heterocycles. The molecule has 208 valence electrons. The van der Waals surface area contributed by atoms with Crippen molar-refractivity contribution in [2.75, 3.05) is 37.8 Å². The molecule has 39 heavy (non-hydrogen) atoms. The molecule has 6 rings (SSSR count). The quantitative estimate of drug-likeness (QED) is 0.480. The number of β-amino-alcohol motifs (C(OH)–C–C–N with tert-alkyl or cyclic N) is 1. The van der Waals surface area contributed by atoms with E-state index in [1.54, 1.807) is 0 Å². The summed E-state index contributed by atoms with van der Waals surface area (Å²) in [6, 6.07) is 15.5. The van der Waals surface area contributed by atoms with Crippen LogP contribution in [-0.2, 0) is 10.0 Å². The normalized spacial score (nSPS) is 29.0. The van der Waals surface area contributed by atoms with Gasteiger partial charge in [-0.25, -0.2) is 13.4 Å². The lowest BCUT2D eigenvalue weighted by atomic mass is 9.74. The van der Waals surface area contributed by atoms with Crippen LogP contribution in [0.2, 0.25) is 0 Å². The summed E-state index contributed by atoms with van der Waals surface area (Å²) in [5.74, 6) is 1.75. The van der Waals surface area contributed by atoms with E-state index in [0.717, 1.165) is 42.4 Å². The molecule has 3 aromatic rings. The number of sulfonamides is 1. The van der Waals surface area contributed by atoms with Crippen LogP contribution in [0.4, 0.5) is 5.82 Å². The van der Waals surface area contributed by atoms with Gasteiger partial charge in [0, 0.05) is 48.2 Å². The van der Waals surface area contributed by atoms with E-state index >= 15 is 0 Å². The Morgan fingerprint density at radius 1 is 0.974 bits per heavy atom. The molecule has 3 aliphatic rings. The van der Waals surface area contributed by atoms with E-state index in [2.05, 4.69) is 51.6 Å². The molecule has 0 spiro atoms. The molecule has 4 heterocycles. The van der Waals surface area contributed by atoms with Crippen molar-refractivity contribution in [3.8, 4) is 0 Å². The highest BCUT2D eigenvalue weighted by atomic mass is 32.2. The van der Waals surface area contributed by atoms with E-state index < -0.39 is 16.1 Å². The number of anilines is 1. The van der Waals surface area contributed by atoms with Gasteiger partial charge in [-0.2, -0.15) is 4.31 Å². The lowest BCUT2D eigenvalue weighted by Crippen LogP contribution is -2.51. The van der Waals surface area contributed by atoms with Gasteiger partial charge in [0.1, 0.15) is 5.82 Å². The van der Waals surface area contributed by atoms with Crippen molar-refractivity contribution in [3.63, 3.8) is 0 Å². The number of fused-ring (bicyclic) bond motifs is 1. The topological polar surface area (TPSA) is 98.7 Å². The van der Waals surface area contributed by atoms with Crippen molar-refractivity contribution in [1.82, 2.24) is 19.2 Å². The SMILES string of the molecule is CS(=O)(=O)N1CC[C@@H](Nc2cc3c(C4CCCN(C5CCC5c5ccccc5)CC4)nccc3cn2)[C@H](O)C1. The highest BCUT2D eigenvalue weighted by Gasteiger charge is 2.37. The van der Waals surface area contributed by atoms with Crippen LogP contribution in [0.3, 0.4) is 0 Å². The maximum Gasteiger partial charge on any atom is 0.211 e. The number of nitrogens with one attached hydrogen (secondary N) is 1. The highest BCUT2D eigenvalue weighted by molar-refractivity contribution is 7.88. The third-order valence-corrected chi connectivity index (χ3v) is 10.4. The van der Waals surface area contributed by atoms with Gasteiger partial charge in [0.05, 0.1) is 24.1 Å². The van der Waals surface area contributed by atoms with Crippen LogP contribution >= 0.6 is 0 Å². The number of likely N-dealkylation sites (tertiary alicyclic amines) is 1. The Hall–Kier alpha value is -2.59. The molecular weight excluding hydrogens is 510 g/mol. The minimum Gasteiger partial charge on any atom is -0.390 e. The molecule has 3 fully saturated rings. The zero-order valence-electron chi connectivity index (χ0n) is 22.6. The molecular formula is C30H39N5O3S. The van der Waals surface area contributed by atoms with Gasteiger partial charge in [0.25, 0.3) is 0 Å². The fourth-order valence-electron chi connectivity index (χ4n) is 6.79. The van der Waals surface area contributed by atoms with Crippen molar-refractivity contribution in [1.29, 1.82) is 0 Å². The van der Waals surface area contributed by atoms with Crippen LogP contribution in [-0.4, -0.2) is 83.3 Å². The zero-order valence-corrected chi connectivity index (χ0v) is 23.4. The molecule has 0 amide bonds. The Morgan fingerprint density at radius 2 is 1.82 bits per heavy atom. The standard InChI is InChI=1S/C30H39N5O3S/c1-39(37,38)35-17-13-26(28(36)20-35)33-29-18-25-23(19-32-29)11-14-31-30(25)22-8-5-15-34(16-12-22)27-10-9-24(27)21-6-3-2-4-7-21/h2-4,6-7,11,14,18-19,22,24,26-28,36H,5,8-10,12-13,15-17,20H2,1H3,(H,32,33)/t22?,24?,26-,27?,28-/m1/s1. The maximum absolute atomic E-state index is 11.9. The summed E-state index contributed by atoms with van der Waals surface area (Å²) in [4.78, 5) is 12.2. The van der Waals surface area contributed by atoms with Gasteiger partial charge >= 0.3 is 0 Å². The lowest BCUT2D eigenvalue weighted by Gasteiger charge is -2.44. The number of aliphatic hydroxyl groups excluding tert-OH is 1. The number of nitrogens with zero attached hydrogens (tertiary/aromatic N) is 4. The summed E-state index contributed by atoms with van der Waals surface area (Å²) in [6.45, 7) is 2.73. The first kappa shape index (κ1) is 26.6. The molecule has 9 heteroatoms. The Labute approximate surface area is 231 Å². The number of aliphatic hydroxyl groups is 1. The van der Waals surface area contributed by atoms with Crippen LogP contribution in [0.15, 0.2) is 54.9 Å². The molecule has 1 aromatic carbocycles. The molecule has 2 N–H and O–H groups in total.